The molecule has 0 bridgehead atoms. The summed E-state index contributed by atoms with van der Waals surface area (Å²) in [6, 6.07) is 9.92. The molecule has 2 fully saturated rings. The number of ether oxygens (including phenoxy) is 5. The van der Waals surface area contributed by atoms with E-state index in [1.165, 1.54) is 25.7 Å². The van der Waals surface area contributed by atoms with Gasteiger partial charge in [0.15, 0.2) is 12.1 Å². The van der Waals surface area contributed by atoms with Crippen LogP contribution in [0.3, 0.4) is 0 Å². The van der Waals surface area contributed by atoms with E-state index in [0.29, 0.717) is 19.8 Å². The quantitative estimate of drug-likeness (QED) is 0.510. The molecule has 3 rings (SSSR count). The van der Waals surface area contributed by atoms with Crippen LogP contribution in [-0.4, -0.2) is 54.8 Å². The van der Waals surface area contributed by atoms with Crippen molar-refractivity contribution in [1.82, 2.24) is 0 Å². The summed E-state index contributed by atoms with van der Waals surface area (Å²) in [6.45, 7) is 7.34. The second kappa shape index (κ2) is 11.6. The summed E-state index contributed by atoms with van der Waals surface area (Å²) >= 11 is 0. The molecular formula is C24H38O6. The molecule has 0 aliphatic carbocycles. The fourth-order valence-corrected chi connectivity index (χ4v) is 4.02. The predicted molar refractivity (Wildman–Crippen MR) is 114 cm³/mol. The Labute approximate surface area is 180 Å². The Bertz CT molecular complexity index is 607. The van der Waals surface area contributed by atoms with Crippen LogP contribution < -0.4 is 0 Å². The van der Waals surface area contributed by atoms with E-state index in [1.807, 2.05) is 44.2 Å². The van der Waals surface area contributed by atoms with E-state index in [0.717, 1.165) is 18.4 Å². The van der Waals surface area contributed by atoms with Crippen molar-refractivity contribution in [3.63, 3.8) is 0 Å². The summed E-state index contributed by atoms with van der Waals surface area (Å²) in [4.78, 5) is 0. The Hall–Kier alpha value is -1.02. The molecule has 30 heavy (non-hydrogen) atoms. The molecule has 2 aliphatic rings. The third kappa shape index (κ3) is 6.74. The van der Waals surface area contributed by atoms with Gasteiger partial charge < -0.3 is 28.8 Å². The molecule has 1 N–H and O–H groups in total. The molecular weight excluding hydrogens is 384 g/mol. The van der Waals surface area contributed by atoms with Gasteiger partial charge in [0.05, 0.1) is 13.2 Å². The van der Waals surface area contributed by atoms with Crippen LogP contribution in [0.5, 0.6) is 0 Å². The van der Waals surface area contributed by atoms with Gasteiger partial charge in [0.2, 0.25) is 0 Å². The first-order chi connectivity index (χ1) is 14.5. The predicted octanol–water partition coefficient (Wildman–Crippen LogP) is 4.19. The summed E-state index contributed by atoms with van der Waals surface area (Å²) in [7, 11) is 0. The maximum Gasteiger partial charge on any atom is 0.186 e. The zero-order valence-corrected chi connectivity index (χ0v) is 18.6. The number of hydrogen-bond donors (Lipinski definition) is 1. The van der Waals surface area contributed by atoms with Crippen LogP contribution in [0.2, 0.25) is 0 Å². The molecule has 6 nitrogen and oxygen atoms in total. The van der Waals surface area contributed by atoms with Crippen molar-refractivity contribution in [2.24, 2.45) is 0 Å². The molecule has 0 aromatic heterocycles. The third-order valence-electron chi connectivity index (χ3n) is 5.69. The van der Waals surface area contributed by atoms with Crippen molar-refractivity contribution in [3.05, 3.63) is 35.9 Å². The highest BCUT2D eigenvalue weighted by Gasteiger charge is 2.52. The molecule has 6 heteroatoms. The average molecular weight is 423 g/mol. The Morgan fingerprint density at radius 1 is 1.03 bits per heavy atom. The molecule has 1 aromatic carbocycles. The van der Waals surface area contributed by atoms with Gasteiger partial charge in [0.25, 0.3) is 0 Å². The maximum absolute atomic E-state index is 10.9. The molecule has 0 amide bonds. The Morgan fingerprint density at radius 3 is 2.47 bits per heavy atom. The summed E-state index contributed by atoms with van der Waals surface area (Å²) in [5, 5.41) is 10.9. The van der Waals surface area contributed by atoms with Crippen LogP contribution in [0.1, 0.15) is 64.9 Å². The molecule has 0 spiro atoms. The van der Waals surface area contributed by atoms with Crippen LogP contribution in [0, 0.1) is 0 Å². The van der Waals surface area contributed by atoms with Gasteiger partial charge in [-0.05, 0) is 25.8 Å². The normalized spacial score (nSPS) is 30.7. The monoisotopic (exact) mass is 422 g/mol. The number of unbranched alkanes of at least 4 members (excludes halogenated alkanes) is 5. The lowest BCUT2D eigenvalue weighted by molar-refractivity contribution is -0.194. The van der Waals surface area contributed by atoms with E-state index < -0.39 is 30.4 Å². The minimum Gasteiger partial charge on any atom is -0.385 e. The van der Waals surface area contributed by atoms with Crippen molar-refractivity contribution in [3.8, 4) is 0 Å². The Balaban J connectivity index is 1.53. The lowest BCUT2D eigenvalue weighted by Gasteiger charge is -2.25. The summed E-state index contributed by atoms with van der Waals surface area (Å²) in [5.41, 5.74) is 1.05. The van der Waals surface area contributed by atoms with E-state index in [9.17, 15) is 5.11 Å². The Morgan fingerprint density at radius 2 is 1.77 bits per heavy atom. The van der Waals surface area contributed by atoms with Crippen LogP contribution in [0.15, 0.2) is 30.3 Å². The highest BCUT2D eigenvalue weighted by atomic mass is 16.8. The van der Waals surface area contributed by atoms with Crippen molar-refractivity contribution >= 4 is 0 Å². The van der Waals surface area contributed by atoms with E-state index in [4.69, 9.17) is 23.7 Å². The van der Waals surface area contributed by atoms with Gasteiger partial charge in [-0.1, -0.05) is 69.4 Å². The van der Waals surface area contributed by atoms with Crippen molar-refractivity contribution in [2.75, 3.05) is 13.2 Å². The molecule has 0 unspecified atom stereocenters. The third-order valence-corrected chi connectivity index (χ3v) is 5.69. The van der Waals surface area contributed by atoms with Gasteiger partial charge in [-0.25, -0.2) is 0 Å². The van der Waals surface area contributed by atoms with Gasteiger partial charge in [0, 0.05) is 6.61 Å². The number of rotatable bonds is 12. The molecule has 1 aromatic rings. The fourth-order valence-electron chi connectivity index (χ4n) is 4.02. The maximum atomic E-state index is 10.9. The minimum absolute atomic E-state index is 0.307. The first kappa shape index (κ1) is 23.6. The second-order valence-electron chi connectivity index (χ2n) is 8.73. The van der Waals surface area contributed by atoms with Gasteiger partial charge in [0.1, 0.15) is 24.4 Å². The topological polar surface area (TPSA) is 66.4 Å². The highest BCUT2D eigenvalue weighted by molar-refractivity contribution is 5.13. The minimum atomic E-state index is -0.869. The average Bonchev–Trinajstić information content (AvgIpc) is 3.25. The zero-order chi connectivity index (χ0) is 21.4. The first-order valence-corrected chi connectivity index (χ1v) is 11.4. The molecule has 2 saturated heterocycles. The number of aliphatic hydroxyl groups is 1. The SMILES string of the molecule is CCCCCCCCO[C@H]1O[C@@H]([C@H]2COC(C)(C)O2)[C@H](OCc2ccccc2)[C@H]1O. The van der Waals surface area contributed by atoms with Crippen LogP contribution in [0.4, 0.5) is 0 Å². The van der Waals surface area contributed by atoms with Crippen molar-refractivity contribution < 1.29 is 28.8 Å². The van der Waals surface area contributed by atoms with Gasteiger partial charge >= 0.3 is 0 Å². The summed E-state index contributed by atoms with van der Waals surface area (Å²) in [6.07, 6.45) is 4.25. The fraction of sp³-hybridized carbons (Fsp3) is 0.750. The number of hydrogen-bond acceptors (Lipinski definition) is 6. The van der Waals surface area contributed by atoms with Crippen molar-refractivity contribution in [1.29, 1.82) is 0 Å². The van der Waals surface area contributed by atoms with Crippen LogP contribution >= 0.6 is 0 Å². The molecule has 0 radical (unpaired) electrons. The van der Waals surface area contributed by atoms with E-state index in [-0.39, 0.29) is 6.10 Å². The van der Waals surface area contributed by atoms with E-state index >= 15 is 0 Å². The molecule has 2 aliphatic heterocycles. The molecule has 0 saturated carbocycles. The first-order valence-electron chi connectivity index (χ1n) is 11.4. The van der Waals surface area contributed by atoms with E-state index in [1.54, 1.807) is 0 Å². The van der Waals surface area contributed by atoms with Crippen LogP contribution in [0.25, 0.3) is 0 Å². The molecule has 2 heterocycles. The summed E-state index contributed by atoms with van der Waals surface area (Å²) < 4.78 is 29.8. The Kier molecular flexibility index (Phi) is 9.11. The van der Waals surface area contributed by atoms with Gasteiger partial charge in [-0.3, -0.25) is 0 Å². The summed E-state index contributed by atoms with van der Waals surface area (Å²) in [5.74, 6) is -0.666. The second-order valence-corrected chi connectivity index (χ2v) is 8.73. The number of benzene rings is 1. The van der Waals surface area contributed by atoms with E-state index in [2.05, 4.69) is 6.92 Å². The highest BCUT2D eigenvalue weighted by Crippen LogP contribution is 2.34. The van der Waals surface area contributed by atoms with Gasteiger partial charge in [-0.15, -0.1) is 0 Å². The van der Waals surface area contributed by atoms with Crippen LogP contribution in [-0.2, 0) is 30.3 Å². The molecule has 170 valence electrons. The smallest absolute Gasteiger partial charge is 0.186 e. The van der Waals surface area contributed by atoms with Crippen molar-refractivity contribution in [2.45, 2.75) is 102 Å². The largest absolute Gasteiger partial charge is 0.385 e. The lowest BCUT2D eigenvalue weighted by Crippen LogP contribution is -2.42. The number of aliphatic hydroxyl groups excluding tert-OH is 1. The zero-order valence-electron chi connectivity index (χ0n) is 18.6. The lowest BCUT2D eigenvalue weighted by atomic mass is 10.1. The standard InChI is InChI=1S/C24H38O6/c1-4-5-6-7-8-12-15-26-23-20(25)22(27-16-18-13-10-9-11-14-18)21(29-23)19-17-28-24(2,3)30-19/h9-11,13-14,19-23,25H,4-8,12,15-17H2,1-3H3/t19-,20-,21+,22-,23+/m1/s1. The van der Waals surface area contributed by atoms with Gasteiger partial charge in [-0.2, -0.15) is 0 Å². The molecule has 5 atom stereocenters.